The van der Waals surface area contributed by atoms with Gasteiger partial charge in [0.1, 0.15) is 35.8 Å². The van der Waals surface area contributed by atoms with Gasteiger partial charge in [0.05, 0.1) is 13.2 Å². The van der Waals surface area contributed by atoms with Crippen LogP contribution in [0, 0.1) is 0 Å². The summed E-state index contributed by atoms with van der Waals surface area (Å²) >= 11 is 0. The molecule has 0 radical (unpaired) electrons. The molecule has 6 atom stereocenters. The minimum Gasteiger partial charge on any atom is -0.462 e. The van der Waals surface area contributed by atoms with Crippen LogP contribution < -0.4 is 26.9 Å². The summed E-state index contributed by atoms with van der Waals surface area (Å²) in [6.07, 6.45) is 2.25. The molecular weight excluding hydrogens is 775 g/mol. The first-order valence-corrected chi connectivity index (χ1v) is 21.2. The number of anilines is 3. The van der Waals surface area contributed by atoms with Crippen LogP contribution in [0.3, 0.4) is 0 Å². The topological polar surface area (TPSA) is 256 Å². The molecular formula is C38H51N8O11P. The second kappa shape index (κ2) is 16.9. The summed E-state index contributed by atoms with van der Waals surface area (Å²) in [5.41, 5.74) is 8.09. The first-order valence-electron chi connectivity index (χ1n) is 19.7. The minimum absolute atomic E-state index is 0.0164. The highest BCUT2D eigenvalue weighted by atomic mass is 31.2. The molecule has 7 rings (SSSR count). The number of nitrogen functional groups attached to an aromatic ring is 1. The third-order valence-corrected chi connectivity index (χ3v) is 11.9. The van der Waals surface area contributed by atoms with Gasteiger partial charge in [0.15, 0.2) is 23.2 Å². The highest BCUT2D eigenvalue weighted by Gasteiger charge is 2.53. The summed E-state index contributed by atoms with van der Waals surface area (Å²) < 4.78 is 40.2. The second-order valence-electron chi connectivity index (χ2n) is 15.6. The Morgan fingerprint density at radius 3 is 2.67 bits per heavy atom. The number of phosphoric acid groups is 1. The summed E-state index contributed by atoms with van der Waals surface area (Å²) in [6.45, 7) is 9.84. The molecule has 0 aliphatic carbocycles. The Bertz CT molecular complexity index is 2280. The van der Waals surface area contributed by atoms with Crippen molar-refractivity contribution in [1.29, 1.82) is 0 Å². The Balaban J connectivity index is 0.869. The Kier molecular flexibility index (Phi) is 12.1. The van der Waals surface area contributed by atoms with Gasteiger partial charge >= 0.3 is 19.4 Å². The standard InChI is InChI=1S/C38H51N8O11P/c1-5-53-35(49)24-16-22-15-23-21(2)18-38(3,4)45(25(23)17-26(22)56-36(24)50)14-10-11-28(47)40-12-8-6-7-9-13-41-37-44-29-32(39)42-20-43-33(29)46(37)34-30(48)31-27(55-34)19-54-58(51,52)57-31/h15-17,20-21,27,30-31,34,48H,5-14,18-19H2,1-4H3,(H,40,47)(H,41,44)(H,51,52)(H2,39,42,43)/t21?,27-,30-,31-,34-/m1/s1. The van der Waals surface area contributed by atoms with Crippen LogP contribution in [0.25, 0.3) is 22.1 Å². The molecule has 4 aromatic rings. The summed E-state index contributed by atoms with van der Waals surface area (Å²) in [7, 11) is -4.31. The lowest BCUT2D eigenvalue weighted by molar-refractivity contribution is -0.121. The second-order valence-corrected chi connectivity index (χ2v) is 17.0. The van der Waals surface area contributed by atoms with Crippen molar-refractivity contribution >= 4 is 59.3 Å². The zero-order valence-corrected chi connectivity index (χ0v) is 33.9. The van der Waals surface area contributed by atoms with Gasteiger partial charge in [0.2, 0.25) is 11.9 Å². The molecule has 0 spiro atoms. The molecule has 0 bridgehead atoms. The van der Waals surface area contributed by atoms with Gasteiger partial charge in [0, 0.05) is 48.7 Å². The number of rotatable bonds is 15. The third-order valence-electron chi connectivity index (χ3n) is 11.0. The number of aromatic nitrogens is 4. The number of aliphatic hydroxyl groups is 1. The van der Waals surface area contributed by atoms with Crippen LogP contribution in [-0.4, -0.2) is 98.1 Å². The Morgan fingerprint density at radius 2 is 1.90 bits per heavy atom. The molecule has 314 valence electrons. The minimum atomic E-state index is -4.31. The molecule has 3 aromatic heterocycles. The average Bonchev–Trinajstić information content (AvgIpc) is 3.69. The van der Waals surface area contributed by atoms with Crippen LogP contribution in [0.1, 0.15) is 101 Å². The molecule has 58 heavy (non-hydrogen) atoms. The molecule has 2 unspecified atom stereocenters. The van der Waals surface area contributed by atoms with Crippen molar-refractivity contribution in [2.24, 2.45) is 0 Å². The summed E-state index contributed by atoms with van der Waals surface area (Å²) in [4.78, 5) is 62.8. The molecule has 3 aliphatic rings. The van der Waals surface area contributed by atoms with E-state index in [1.54, 1.807) is 17.6 Å². The highest BCUT2D eigenvalue weighted by molar-refractivity contribution is 7.47. The van der Waals surface area contributed by atoms with Crippen molar-refractivity contribution in [3.05, 3.63) is 46.1 Å². The van der Waals surface area contributed by atoms with Crippen molar-refractivity contribution < 1.29 is 47.1 Å². The van der Waals surface area contributed by atoms with E-state index in [1.165, 1.54) is 6.33 Å². The molecule has 1 aromatic carbocycles. The van der Waals surface area contributed by atoms with Crippen molar-refractivity contribution in [2.75, 3.05) is 48.8 Å². The first kappa shape index (κ1) is 41.5. The van der Waals surface area contributed by atoms with Crippen LogP contribution in [-0.2, 0) is 27.9 Å². The van der Waals surface area contributed by atoms with E-state index in [0.717, 1.165) is 43.4 Å². The number of ether oxygens (including phenoxy) is 2. The highest BCUT2D eigenvalue weighted by Crippen LogP contribution is 2.53. The predicted molar refractivity (Wildman–Crippen MR) is 212 cm³/mol. The van der Waals surface area contributed by atoms with Crippen molar-refractivity contribution in [3.8, 4) is 0 Å². The zero-order chi connectivity index (χ0) is 41.4. The number of amides is 1. The number of hydrogen-bond donors (Lipinski definition) is 5. The summed E-state index contributed by atoms with van der Waals surface area (Å²) in [5.74, 6) is -0.0151. The van der Waals surface area contributed by atoms with Crippen molar-refractivity contribution in [1.82, 2.24) is 24.8 Å². The van der Waals surface area contributed by atoms with Crippen LogP contribution in [0.2, 0.25) is 0 Å². The number of nitrogens with zero attached hydrogens (tertiary/aromatic N) is 5. The smallest absolute Gasteiger partial charge is 0.462 e. The zero-order valence-electron chi connectivity index (χ0n) is 33.0. The van der Waals surface area contributed by atoms with Crippen LogP contribution in [0.4, 0.5) is 17.5 Å². The SMILES string of the molecule is CCOC(=O)c1cc2cc3c(cc2oc1=O)N(CCCC(=O)NCCCCCCNc1nc2c(N)ncnc2n1[C@@H]1O[C@@H]2COP(=O)(O)O[C@H]2[C@H]1O)C(C)(C)CC3C. The van der Waals surface area contributed by atoms with Gasteiger partial charge in [0.25, 0.3) is 0 Å². The van der Waals surface area contributed by atoms with E-state index in [4.69, 9.17) is 28.7 Å². The Morgan fingerprint density at radius 1 is 1.12 bits per heavy atom. The maximum atomic E-state index is 12.8. The van der Waals surface area contributed by atoms with E-state index in [9.17, 15) is 28.9 Å². The van der Waals surface area contributed by atoms with E-state index >= 15 is 0 Å². The van der Waals surface area contributed by atoms with E-state index in [1.807, 2.05) is 12.1 Å². The van der Waals surface area contributed by atoms with E-state index in [0.29, 0.717) is 60.6 Å². The Labute approximate surface area is 334 Å². The van der Waals surface area contributed by atoms with Crippen LogP contribution in [0.15, 0.2) is 33.7 Å². The number of nitrogens with two attached hydrogens (primary N) is 1. The first-order chi connectivity index (χ1) is 27.7. The Hall–Kier alpha value is -4.65. The number of carbonyl (C=O) groups is 2. The molecule has 0 saturated carbocycles. The number of nitrogens with one attached hydrogen (secondary N) is 2. The molecule has 6 heterocycles. The lowest BCUT2D eigenvalue weighted by atomic mass is 9.79. The summed E-state index contributed by atoms with van der Waals surface area (Å²) in [6, 6.07) is 5.40. The van der Waals surface area contributed by atoms with Crippen molar-refractivity contribution in [2.45, 2.75) is 109 Å². The van der Waals surface area contributed by atoms with Gasteiger partial charge in [-0.3, -0.25) is 18.4 Å². The van der Waals surface area contributed by atoms with Gasteiger partial charge < -0.3 is 45.2 Å². The lowest BCUT2D eigenvalue weighted by Crippen LogP contribution is -2.49. The maximum Gasteiger partial charge on any atom is 0.472 e. The number of carbonyl (C=O) groups excluding carboxylic acids is 2. The largest absolute Gasteiger partial charge is 0.472 e. The maximum absolute atomic E-state index is 12.8. The molecule has 2 saturated heterocycles. The fourth-order valence-corrected chi connectivity index (χ4v) is 9.20. The fourth-order valence-electron chi connectivity index (χ4n) is 8.23. The molecule has 20 heteroatoms. The van der Waals surface area contributed by atoms with Gasteiger partial charge in [-0.2, -0.15) is 0 Å². The quantitative estimate of drug-likeness (QED) is 0.0489. The van der Waals surface area contributed by atoms with Crippen LogP contribution in [0.5, 0.6) is 0 Å². The molecule has 1 amide bonds. The van der Waals surface area contributed by atoms with Crippen LogP contribution >= 0.6 is 7.82 Å². The van der Waals surface area contributed by atoms with Gasteiger partial charge in [-0.15, -0.1) is 0 Å². The van der Waals surface area contributed by atoms with E-state index in [-0.39, 0.29) is 42.0 Å². The predicted octanol–water partition coefficient (Wildman–Crippen LogP) is 4.13. The number of phosphoric ester groups is 1. The number of imidazole rings is 1. The number of fused-ring (bicyclic) bond motifs is 4. The lowest BCUT2D eigenvalue weighted by Gasteiger charge is -2.47. The number of benzene rings is 1. The average molecular weight is 827 g/mol. The normalized spacial score (nSPS) is 25.1. The third kappa shape index (κ3) is 8.56. The van der Waals surface area contributed by atoms with Crippen molar-refractivity contribution in [3.63, 3.8) is 0 Å². The number of aliphatic hydroxyl groups excluding tert-OH is 1. The molecule has 2 fully saturated rings. The van der Waals surface area contributed by atoms with Gasteiger partial charge in [-0.1, -0.05) is 19.8 Å². The number of esters is 1. The number of hydrogen-bond acceptors (Lipinski definition) is 16. The summed E-state index contributed by atoms with van der Waals surface area (Å²) in [5, 5.41) is 18.0. The fraction of sp³-hybridized carbons (Fsp3) is 0.579. The van der Waals surface area contributed by atoms with E-state index in [2.05, 4.69) is 51.3 Å². The monoisotopic (exact) mass is 826 g/mol. The number of unbranched alkanes of at least 4 members (excludes halogenated alkanes) is 3. The van der Waals surface area contributed by atoms with Gasteiger partial charge in [-0.05, 0) is 70.1 Å². The molecule has 6 N–H and O–H groups in total. The van der Waals surface area contributed by atoms with Gasteiger partial charge in [-0.25, -0.2) is 29.1 Å². The van der Waals surface area contributed by atoms with E-state index < -0.39 is 44.0 Å². The molecule has 3 aliphatic heterocycles. The molecule has 19 nitrogen and oxygen atoms in total.